The van der Waals surface area contributed by atoms with Gasteiger partial charge in [-0.15, -0.1) is 0 Å². The van der Waals surface area contributed by atoms with E-state index in [4.69, 9.17) is 5.11 Å². The van der Waals surface area contributed by atoms with Gasteiger partial charge in [-0.2, -0.15) is 0 Å². The molecule has 0 saturated carbocycles. The Kier molecular flexibility index (Phi) is 3.97. The van der Waals surface area contributed by atoms with Crippen molar-refractivity contribution in [3.8, 4) is 0 Å². The first-order valence-corrected chi connectivity index (χ1v) is 7.78. The number of aromatic carboxylic acids is 1. The lowest BCUT2D eigenvalue weighted by atomic mass is 9.87. The summed E-state index contributed by atoms with van der Waals surface area (Å²) in [7, 11) is 0. The number of anilines is 1. The molecule has 0 spiro atoms. The van der Waals surface area contributed by atoms with Crippen LogP contribution in [0, 0.1) is 0 Å². The summed E-state index contributed by atoms with van der Waals surface area (Å²) < 4.78 is 1.06. The van der Waals surface area contributed by atoms with E-state index in [1.54, 1.807) is 6.07 Å². The number of carboxylic acids is 1. The normalized spacial score (nSPS) is 17.1. The number of hydrogen-bond donors (Lipinski definition) is 2. The zero-order valence-corrected chi connectivity index (χ0v) is 13.1. The summed E-state index contributed by atoms with van der Waals surface area (Å²) >= 11 is 3.43. The molecular weight excluding hydrogens is 330 g/mol. The summed E-state index contributed by atoms with van der Waals surface area (Å²) in [6, 6.07) is 13.9. The average molecular weight is 346 g/mol. The first-order valence-electron chi connectivity index (χ1n) is 6.99. The van der Waals surface area contributed by atoms with Crippen LogP contribution in [-0.4, -0.2) is 17.1 Å². The van der Waals surface area contributed by atoms with Gasteiger partial charge in [0.1, 0.15) is 0 Å². The van der Waals surface area contributed by atoms with Gasteiger partial charge < -0.3 is 10.4 Å². The molecule has 1 aliphatic carbocycles. The van der Waals surface area contributed by atoms with Crippen molar-refractivity contribution in [2.45, 2.75) is 25.3 Å². The molecule has 0 bridgehead atoms. The highest BCUT2D eigenvalue weighted by molar-refractivity contribution is 9.10. The molecule has 1 atom stereocenters. The molecule has 4 heteroatoms. The van der Waals surface area contributed by atoms with E-state index >= 15 is 0 Å². The van der Waals surface area contributed by atoms with Crippen LogP contribution in [0.3, 0.4) is 0 Å². The Bertz CT molecular complexity index is 667. The summed E-state index contributed by atoms with van der Waals surface area (Å²) in [5.41, 5.74) is 3.89. The molecule has 0 saturated heterocycles. The smallest absolute Gasteiger partial charge is 0.335 e. The molecule has 2 N–H and O–H groups in total. The lowest BCUT2D eigenvalue weighted by Crippen LogP contribution is -2.27. The van der Waals surface area contributed by atoms with Gasteiger partial charge in [0.05, 0.1) is 5.56 Å². The van der Waals surface area contributed by atoms with Gasteiger partial charge in [-0.3, -0.25) is 0 Å². The van der Waals surface area contributed by atoms with Crippen molar-refractivity contribution in [3.05, 3.63) is 63.6 Å². The van der Waals surface area contributed by atoms with E-state index in [0.29, 0.717) is 11.6 Å². The molecule has 3 rings (SSSR count). The summed E-state index contributed by atoms with van der Waals surface area (Å²) in [6.45, 7) is 0. The third-order valence-electron chi connectivity index (χ3n) is 3.90. The highest BCUT2D eigenvalue weighted by Gasteiger charge is 2.19. The fraction of sp³-hybridized carbons (Fsp3) is 0.235. The van der Waals surface area contributed by atoms with Crippen LogP contribution in [0.5, 0.6) is 0 Å². The Labute approximate surface area is 132 Å². The third kappa shape index (κ3) is 3.27. The van der Waals surface area contributed by atoms with E-state index in [1.165, 1.54) is 5.56 Å². The molecule has 0 aliphatic heterocycles. The van der Waals surface area contributed by atoms with Gasteiger partial charge in [0.25, 0.3) is 0 Å². The van der Waals surface area contributed by atoms with Crippen LogP contribution in [-0.2, 0) is 12.8 Å². The number of carbonyl (C=O) groups is 1. The Hall–Kier alpha value is -1.81. The second-order valence-electron chi connectivity index (χ2n) is 5.38. The SMILES string of the molecule is O=C(O)c1ccc2c(c1)CC(Nc1ccc(Br)cc1)CC2. The summed E-state index contributed by atoms with van der Waals surface area (Å²) in [5.74, 6) is -0.860. The minimum absolute atomic E-state index is 0.350. The number of halogens is 1. The van der Waals surface area contributed by atoms with Gasteiger partial charge in [0.15, 0.2) is 0 Å². The van der Waals surface area contributed by atoms with Gasteiger partial charge in [-0.1, -0.05) is 22.0 Å². The minimum atomic E-state index is -0.860. The zero-order chi connectivity index (χ0) is 14.8. The monoisotopic (exact) mass is 345 g/mol. The maximum Gasteiger partial charge on any atom is 0.335 e. The van der Waals surface area contributed by atoms with Crippen LogP contribution in [0.25, 0.3) is 0 Å². The Morgan fingerprint density at radius 3 is 2.62 bits per heavy atom. The standard InChI is InChI=1S/C17H16BrNO2/c18-14-4-7-15(8-5-14)19-16-6-3-11-1-2-12(17(20)21)9-13(11)10-16/h1-2,4-5,7-9,16,19H,3,6,10H2,(H,20,21). The molecule has 2 aromatic carbocycles. The van der Waals surface area contributed by atoms with Gasteiger partial charge in [-0.25, -0.2) is 4.79 Å². The van der Waals surface area contributed by atoms with Gasteiger partial charge >= 0.3 is 5.97 Å². The molecule has 2 aromatic rings. The van der Waals surface area contributed by atoms with E-state index in [2.05, 4.69) is 21.2 Å². The number of benzene rings is 2. The molecule has 0 aromatic heterocycles. The van der Waals surface area contributed by atoms with Crippen molar-refractivity contribution in [1.82, 2.24) is 0 Å². The molecule has 1 aliphatic rings. The molecule has 0 heterocycles. The van der Waals surface area contributed by atoms with E-state index in [1.807, 2.05) is 36.4 Å². The second-order valence-corrected chi connectivity index (χ2v) is 6.30. The van der Waals surface area contributed by atoms with Crippen LogP contribution < -0.4 is 5.32 Å². The fourth-order valence-corrected chi connectivity index (χ4v) is 3.06. The molecule has 0 fully saturated rings. The summed E-state index contributed by atoms with van der Waals surface area (Å²) in [4.78, 5) is 11.1. The van der Waals surface area contributed by atoms with E-state index in [9.17, 15) is 4.79 Å². The molecule has 21 heavy (non-hydrogen) atoms. The highest BCUT2D eigenvalue weighted by atomic mass is 79.9. The van der Waals surface area contributed by atoms with Crippen LogP contribution in [0.4, 0.5) is 5.69 Å². The van der Waals surface area contributed by atoms with Crippen molar-refractivity contribution in [2.24, 2.45) is 0 Å². The van der Waals surface area contributed by atoms with Crippen LogP contribution >= 0.6 is 15.9 Å². The summed E-state index contributed by atoms with van der Waals surface area (Å²) in [5, 5.41) is 12.6. The van der Waals surface area contributed by atoms with Crippen molar-refractivity contribution in [1.29, 1.82) is 0 Å². The van der Waals surface area contributed by atoms with E-state index in [0.717, 1.165) is 35.0 Å². The third-order valence-corrected chi connectivity index (χ3v) is 4.43. The maximum atomic E-state index is 11.1. The Balaban J connectivity index is 1.75. The summed E-state index contributed by atoms with van der Waals surface area (Å²) in [6.07, 6.45) is 2.92. The quantitative estimate of drug-likeness (QED) is 0.879. The van der Waals surface area contributed by atoms with Gasteiger partial charge in [0, 0.05) is 16.2 Å². The predicted molar refractivity (Wildman–Crippen MR) is 87.0 cm³/mol. The van der Waals surface area contributed by atoms with Gasteiger partial charge in [-0.05, 0) is 66.8 Å². The highest BCUT2D eigenvalue weighted by Crippen LogP contribution is 2.25. The number of fused-ring (bicyclic) bond motifs is 1. The van der Waals surface area contributed by atoms with Crippen molar-refractivity contribution in [2.75, 3.05) is 5.32 Å². The zero-order valence-electron chi connectivity index (χ0n) is 11.5. The number of nitrogens with one attached hydrogen (secondary N) is 1. The number of carboxylic acid groups (broad SMARTS) is 1. The van der Waals surface area contributed by atoms with Crippen LogP contribution in [0.15, 0.2) is 46.9 Å². The maximum absolute atomic E-state index is 11.1. The average Bonchev–Trinajstić information content (AvgIpc) is 2.49. The van der Waals surface area contributed by atoms with Crippen molar-refractivity contribution in [3.63, 3.8) is 0 Å². The number of rotatable bonds is 3. The van der Waals surface area contributed by atoms with Crippen molar-refractivity contribution >= 4 is 27.6 Å². The van der Waals surface area contributed by atoms with E-state index < -0.39 is 5.97 Å². The molecule has 108 valence electrons. The lowest BCUT2D eigenvalue weighted by molar-refractivity contribution is 0.0696. The fourth-order valence-electron chi connectivity index (χ4n) is 2.80. The molecule has 0 amide bonds. The van der Waals surface area contributed by atoms with Crippen LogP contribution in [0.2, 0.25) is 0 Å². The number of aryl methyl sites for hydroxylation is 1. The first-order chi connectivity index (χ1) is 10.1. The Morgan fingerprint density at radius 2 is 1.90 bits per heavy atom. The van der Waals surface area contributed by atoms with Crippen LogP contribution in [0.1, 0.15) is 27.9 Å². The van der Waals surface area contributed by atoms with Gasteiger partial charge in [0.2, 0.25) is 0 Å². The topological polar surface area (TPSA) is 49.3 Å². The molecule has 0 radical (unpaired) electrons. The Morgan fingerprint density at radius 1 is 1.14 bits per heavy atom. The van der Waals surface area contributed by atoms with E-state index in [-0.39, 0.29) is 0 Å². The second kappa shape index (κ2) is 5.90. The first kappa shape index (κ1) is 14.1. The predicted octanol–water partition coefficient (Wildman–Crippen LogP) is 4.12. The lowest BCUT2D eigenvalue weighted by Gasteiger charge is -2.26. The van der Waals surface area contributed by atoms with Crippen molar-refractivity contribution < 1.29 is 9.90 Å². The molecule has 1 unspecified atom stereocenters. The molecule has 3 nitrogen and oxygen atoms in total. The minimum Gasteiger partial charge on any atom is -0.478 e. The molecular formula is C17H16BrNO2. The largest absolute Gasteiger partial charge is 0.478 e. The number of hydrogen-bond acceptors (Lipinski definition) is 2.